The maximum Gasteiger partial charge on any atom is 0.204 e. The van der Waals surface area contributed by atoms with Gasteiger partial charge in [-0.2, -0.15) is 4.80 Å². The number of halogens is 2. The van der Waals surface area contributed by atoms with Crippen molar-refractivity contribution in [2.45, 2.75) is 13.5 Å². The van der Waals surface area contributed by atoms with Gasteiger partial charge in [0.2, 0.25) is 5.82 Å². The van der Waals surface area contributed by atoms with Crippen LogP contribution in [0.2, 0.25) is 10.0 Å². The smallest absolute Gasteiger partial charge is 0.159 e. The fourth-order valence-corrected chi connectivity index (χ4v) is 2.47. The summed E-state index contributed by atoms with van der Waals surface area (Å²) >= 11 is 12.3. The molecule has 0 aliphatic rings. The topological polar surface area (TPSA) is 43.6 Å². The van der Waals surface area contributed by atoms with Gasteiger partial charge in [-0.15, -0.1) is 10.2 Å². The van der Waals surface area contributed by atoms with Crippen LogP contribution < -0.4 is 0 Å². The van der Waals surface area contributed by atoms with Crippen LogP contribution in [0, 0.1) is 6.92 Å². The third-order valence-electron chi connectivity index (χ3n) is 3.12. The molecule has 0 saturated carbocycles. The summed E-state index contributed by atoms with van der Waals surface area (Å²) in [6.45, 7) is 2.42. The SMILES string of the molecule is Cc1ccc(-c2nnn(Cc3c(Cl)cccc3Cl)n2)cc1. The molecule has 0 unspecified atom stereocenters. The molecule has 0 spiro atoms. The Bertz CT molecular complexity index is 745. The number of nitrogens with zero attached hydrogens (tertiary/aromatic N) is 4. The number of benzene rings is 2. The molecular formula is C15H12Cl2N4. The Hall–Kier alpha value is -1.91. The zero-order valence-electron chi connectivity index (χ0n) is 11.3. The van der Waals surface area contributed by atoms with Gasteiger partial charge in [-0.25, -0.2) is 0 Å². The molecule has 0 aliphatic heterocycles. The molecule has 0 amide bonds. The lowest BCUT2D eigenvalue weighted by Gasteiger charge is -2.04. The summed E-state index contributed by atoms with van der Waals surface area (Å²) in [5.74, 6) is 0.582. The third kappa shape index (κ3) is 3.06. The van der Waals surface area contributed by atoms with Gasteiger partial charge < -0.3 is 0 Å². The van der Waals surface area contributed by atoms with Crippen LogP contribution >= 0.6 is 23.2 Å². The first-order valence-corrected chi connectivity index (χ1v) is 7.17. The predicted octanol–water partition coefficient (Wildman–Crippen LogP) is 4.00. The minimum absolute atomic E-state index is 0.386. The van der Waals surface area contributed by atoms with Crippen LogP contribution in [-0.2, 0) is 6.54 Å². The van der Waals surface area contributed by atoms with Crippen molar-refractivity contribution < 1.29 is 0 Å². The van der Waals surface area contributed by atoms with E-state index >= 15 is 0 Å². The Morgan fingerprint density at radius 3 is 2.33 bits per heavy atom. The zero-order chi connectivity index (χ0) is 14.8. The Labute approximate surface area is 132 Å². The Balaban J connectivity index is 1.87. The molecule has 3 aromatic rings. The van der Waals surface area contributed by atoms with Crippen LogP contribution in [-0.4, -0.2) is 20.2 Å². The van der Waals surface area contributed by atoms with Crippen molar-refractivity contribution in [1.82, 2.24) is 20.2 Å². The van der Waals surface area contributed by atoms with Crippen molar-refractivity contribution >= 4 is 23.2 Å². The summed E-state index contributed by atoms with van der Waals surface area (Å²) in [4.78, 5) is 1.49. The molecule has 0 bridgehead atoms. The molecule has 21 heavy (non-hydrogen) atoms. The first kappa shape index (κ1) is 14.0. The second-order valence-corrected chi connectivity index (χ2v) is 5.52. The van der Waals surface area contributed by atoms with E-state index in [9.17, 15) is 0 Å². The average Bonchev–Trinajstić information content (AvgIpc) is 2.92. The third-order valence-corrected chi connectivity index (χ3v) is 3.83. The average molecular weight is 319 g/mol. The molecular weight excluding hydrogens is 307 g/mol. The molecule has 0 radical (unpaired) electrons. The van der Waals surface area contributed by atoms with Crippen molar-refractivity contribution in [2.24, 2.45) is 0 Å². The second kappa shape index (κ2) is 5.84. The number of tetrazole rings is 1. The summed E-state index contributed by atoms with van der Waals surface area (Å²) in [7, 11) is 0. The van der Waals surface area contributed by atoms with Crippen LogP contribution in [0.15, 0.2) is 42.5 Å². The molecule has 1 heterocycles. The highest BCUT2D eigenvalue weighted by atomic mass is 35.5. The summed E-state index contributed by atoms with van der Waals surface area (Å²) in [5, 5.41) is 13.7. The van der Waals surface area contributed by atoms with E-state index in [0.29, 0.717) is 22.4 Å². The number of aryl methyl sites for hydroxylation is 1. The van der Waals surface area contributed by atoms with Gasteiger partial charge in [0.25, 0.3) is 0 Å². The van der Waals surface area contributed by atoms with E-state index in [4.69, 9.17) is 23.2 Å². The van der Waals surface area contributed by atoms with Gasteiger partial charge >= 0.3 is 0 Å². The molecule has 1 aromatic heterocycles. The Morgan fingerprint density at radius 2 is 1.67 bits per heavy atom. The highest BCUT2D eigenvalue weighted by molar-refractivity contribution is 6.35. The molecule has 3 rings (SSSR count). The van der Waals surface area contributed by atoms with Crippen LogP contribution in [0.3, 0.4) is 0 Å². The Kier molecular flexibility index (Phi) is 3.90. The summed E-state index contributed by atoms with van der Waals surface area (Å²) in [6, 6.07) is 13.4. The molecule has 0 atom stereocenters. The van der Waals surface area contributed by atoms with Gasteiger partial charge in [0.05, 0.1) is 6.54 Å². The zero-order valence-corrected chi connectivity index (χ0v) is 12.8. The Morgan fingerprint density at radius 1 is 1.00 bits per heavy atom. The largest absolute Gasteiger partial charge is 0.204 e. The van der Waals surface area contributed by atoms with Gasteiger partial charge in [0, 0.05) is 21.2 Å². The second-order valence-electron chi connectivity index (χ2n) is 4.71. The number of hydrogen-bond donors (Lipinski definition) is 0. The molecule has 0 saturated heterocycles. The van der Waals surface area contributed by atoms with Gasteiger partial charge in [-0.1, -0.05) is 59.1 Å². The lowest BCUT2D eigenvalue weighted by atomic mass is 10.1. The van der Waals surface area contributed by atoms with Crippen LogP contribution in [0.1, 0.15) is 11.1 Å². The van der Waals surface area contributed by atoms with Crippen molar-refractivity contribution in [1.29, 1.82) is 0 Å². The standard InChI is InChI=1S/C15H12Cl2N4/c1-10-5-7-11(8-6-10)15-18-20-21(19-15)9-12-13(16)3-2-4-14(12)17/h2-8H,9H2,1H3. The maximum atomic E-state index is 6.15. The quantitative estimate of drug-likeness (QED) is 0.733. The van der Waals surface area contributed by atoms with Crippen LogP contribution in [0.25, 0.3) is 11.4 Å². The maximum absolute atomic E-state index is 6.15. The molecule has 0 aliphatic carbocycles. The number of aromatic nitrogens is 4. The molecule has 0 N–H and O–H groups in total. The van der Waals surface area contributed by atoms with Crippen LogP contribution in [0.4, 0.5) is 0 Å². The normalized spacial score (nSPS) is 10.8. The van der Waals surface area contributed by atoms with Crippen molar-refractivity contribution in [2.75, 3.05) is 0 Å². The van der Waals surface area contributed by atoms with Crippen molar-refractivity contribution in [3.05, 3.63) is 63.6 Å². The lowest BCUT2D eigenvalue weighted by Crippen LogP contribution is -2.05. The fraction of sp³-hybridized carbons (Fsp3) is 0.133. The first-order chi connectivity index (χ1) is 10.1. The van der Waals surface area contributed by atoms with Gasteiger partial charge in [0.1, 0.15) is 0 Å². The van der Waals surface area contributed by atoms with Crippen molar-refractivity contribution in [3.8, 4) is 11.4 Å². The van der Waals surface area contributed by atoms with Gasteiger partial charge in [-0.05, 0) is 24.3 Å². The molecule has 0 fully saturated rings. The lowest BCUT2D eigenvalue weighted by molar-refractivity contribution is 0.573. The molecule has 4 nitrogen and oxygen atoms in total. The van der Waals surface area contributed by atoms with E-state index in [0.717, 1.165) is 11.1 Å². The van der Waals surface area contributed by atoms with Gasteiger partial charge in [0.15, 0.2) is 0 Å². The van der Waals surface area contributed by atoms with E-state index < -0.39 is 0 Å². The highest BCUT2D eigenvalue weighted by Gasteiger charge is 2.10. The van der Waals surface area contributed by atoms with E-state index in [1.165, 1.54) is 10.4 Å². The molecule has 2 aromatic carbocycles. The summed E-state index contributed by atoms with van der Waals surface area (Å²) in [5.41, 5.74) is 2.90. The van der Waals surface area contributed by atoms with E-state index in [1.807, 2.05) is 31.2 Å². The highest BCUT2D eigenvalue weighted by Crippen LogP contribution is 2.25. The first-order valence-electron chi connectivity index (χ1n) is 6.41. The van der Waals surface area contributed by atoms with Crippen molar-refractivity contribution in [3.63, 3.8) is 0 Å². The van der Waals surface area contributed by atoms with E-state index in [-0.39, 0.29) is 0 Å². The monoisotopic (exact) mass is 318 g/mol. The summed E-state index contributed by atoms with van der Waals surface area (Å²) in [6.07, 6.45) is 0. The van der Waals surface area contributed by atoms with E-state index in [2.05, 4.69) is 15.4 Å². The molecule has 6 heteroatoms. The van der Waals surface area contributed by atoms with Crippen LogP contribution in [0.5, 0.6) is 0 Å². The van der Waals surface area contributed by atoms with E-state index in [1.54, 1.807) is 18.2 Å². The number of hydrogen-bond acceptors (Lipinski definition) is 3. The molecule has 106 valence electrons. The minimum Gasteiger partial charge on any atom is -0.159 e. The fourth-order valence-electron chi connectivity index (χ4n) is 1.95. The van der Waals surface area contributed by atoms with Gasteiger partial charge in [-0.3, -0.25) is 0 Å². The predicted molar refractivity (Wildman–Crippen MR) is 83.6 cm³/mol. The summed E-state index contributed by atoms with van der Waals surface area (Å²) < 4.78 is 0. The number of rotatable bonds is 3. The minimum atomic E-state index is 0.386.